The maximum atomic E-state index is 10.3. The molecule has 8 heteroatoms. The Morgan fingerprint density at radius 1 is 0.607 bits per heavy atom. The summed E-state index contributed by atoms with van der Waals surface area (Å²) < 4.78 is 17.1. The fourth-order valence-corrected chi connectivity index (χ4v) is 0.947. The molecule has 0 saturated carbocycles. The van der Waals surface area contributed by atoms with Gasteiger partial charge in [0.2, 0.25) is 0 Å². The molecule has 0 unspecified atom stereocenters. The molecule has 0 aliphatic heterocycles. The Kier molecular flexibility index (Phi) is 33.2. The second-order valence-corrected chi connectivity index (χ2v) is 4.37. The third-order valence-corrected chi connectivity index (χ3v) is 1.84. The SMILES string of the molecule is C=COC(=O)CCC.C=COC(=O)CCC.C=COC(C)=O.C=COC(C)=O. The molecule has 0 aliphatic rings. The molecule has 0 radical (unpaired) electrons. The Morgan fingerprint density at radius 3 is 0.964 bits per heavy atom. The smallest absolute Gasteiger partial charge is 0.310 e. The first-order valence-corrected chi connectivity index (χ1v) is 8.33. The third-order valence-electron chi connectivity index (χ3n) is 1.84. The summed E-state index contributed by atoms with van der Waals surface area (Å²) in [7, 11) is 0. The van der Waals surface area contributed by atoms with E-state index in [1.807, 2.05) is 13.8 Å². The summed E-state index contributed by atoms with van der Waals surface area (Å²) in [5.74, 6) is -1.07. The molecule has 8 nitrogen and oxygen atoms in total. The van der Waals surface area contributed by atoms with Crippen molar-refractivity contribution in [2.24, 2.45) is 0 Å². The number of carbonyl (C=O) groups is 4. The summed E-state index contributed by atoms with van der Waals surface area (Å²) in [6, 6.07) is 0. The van der Waals surface area contributed by atoms with Crippen molar-refractivity contribution in [3.05, 3.63) is 51.4 Å². The minimum Gasteiger partial charge on any atom is -0.435 e. The maximum absolute atomic E-state index is 10.3. The molecule has 0 heterocycles. The van der Waals surface area contributed by atoms with Crippen molar-refractivity contribution in [1.82, 2.24) is 0 Å². The van der Waals surface area contributed by atoms with Crippen LogP contribution in [0.3, 0.4) is 0 Å². The van der Waals surface area contributed by atoms with Crippen molar-refractivity contribution in [1.29, 1.82) is 0 Å². The van der Waals surface area contributed by atoms with Crippen molar-refractivity contribution < 1.29 is 38.1 Å². The van der Waals surface area contributed by atoms with Crippen LogP contribution in [-0.2, 0) is 38.1 Å². The van der Waals surface area contributed by atoms with E-state index in [-0.39, 0.29) is 23.9 Å². The van der Waals surface area contributed by atoms with E-state index in [4.69, 9.17) is 0 Å². The molecule has 0 N–H and O–H groups in total. The minimum atomic E-state index is -0.329. The van der Waals surface area contributed by atoms with Gasteiger partial charge in [-0.2, -0.15) is 0 Å². The van der Waals surface area contributed by atoms with Gasteiger partial charge in [-0.1, -0.05) is 40.2 Å². The highest BCUT2D eigenvalue weighted by Crippen LogP contribution is 1.90. The summed E-state index contributed by atoms with van der Waals surface area (Å²) in [5.41, 5.74) is 0. The monoisotopic (exact) mass is 400 g/mol. The molecule has 0 aliphatic carbocycles. The van der Waals surface area contributed by atoms with Gasteiger partial charge in [0.25, 0.3) is 0 Å². The molecule has 0 bridgehead atoms. The predicted octanol–water partition coefficient (Wildman–Crippen LogP) is 4.33. The van der Waals surface area contributed by atoms with E-state index in [0.29, 0.717) is 12.8 Å². The normalized spacial score (nSPS) is 7.57. The summed E-state index contributed by atoms with van der Waals surface area (Å²) in [6.45, 7) is 19.3. The highest BCUT2D eigenvalue weighted by atomic mass is 16.5. The van der Waals surface area contributed by atoms with Crippen LogP contribution in [-0.4, -0.2) is 23.9 Å². The molecule has 28 heavy (non-hydrogen) atoms. The number of hydrogen-bond donors (Lipinski definition) is 0. The van der Waals surface area contributed by atoms with Crippen molar-refractivity contribution in [2.45, 2.75) is 53.4 Å². The van der Waals surface area contributed by atoms with E-state index >= 15 is 0 Å². The van der Waals surface area contributed by atoms with Crippen LogP contribution >= 0.6 is 0 Å². The van der Waals surface area contributed by atoms with E-state index in [2.05, 4.69) is 45.3 Å². The highest BCUT2D eigenvalue weighted by molar-refractivity contribution is 5.70. The van der Waals surface area contributed by atoms with Gasteiger partial charge in [0.1, 0.15) is 0 Å². The van der Waals surface area contributed by atoms with Gasteiger partial charge in [0.05, 0.1) is 25.0 Å². The Morgan fingerprint density at radius 2 is 0.857 bits per heavy atom. The van der Waals surface area contributed by atoms with E-state index in [1.165, 1.54) is 13.8 Å². The molecular formula is C20H32O8. The molecule has 0 atom stereocenters. The van der Waals surface area contributed by atoms with Crippen LogP contribution in [0.1, 0.15) is 53.4 Å². The first-order chi connectivity index (χ1) is 13.2. The molecule has 0 spiro atoms. The Hall–Kier alpha value is -3.16. The number of carbonyl (C=O) groups excluding carboxylic acids is 4. The van der Waals surface area contributed by atoms with Gasteiger partial charge >= 0.3 is 23.9 Å². The van der Waals surface area contributed by atoms with Crippen molar-refractivity contribution >= 4 is 23.9 Å². The van der Waals surface area contributed by atoms with Gasteiger partial charge in [-0.05, 0) is 12.8 Å². The minimum absolute atomic E-state index is 0.206. The first kappa shape index (κ1) is 32.5. The van der Waals surface area contributed by atoms with Crippen LogP contribution < -0.4 is 0 Å². The number of rotatable bonds is 8. The van der Waals surface area contributed by atoms with Crippen molar-refractivity contribution in [3.8, 4) is 0 Å². The second kappa shape index (κ2) is 28.6. The lowest BCUT2D eigenvalue weighted by Gasteiger charge is -1.92. The van der Waals surface area contributed by atoms with Gasteiger partial charge in [-0.15, -0.1) is 0 Å². The molecule has 0 aromatic rings. The second-order valence-electron chi connectivity index (χ2n) is 4.37. The summed E-state index contributed by atoms with van der Waals surface area (Å²) in [5, 5.41) is 0. The molecule has 0 aromatic carbocycles. The topological polar surface area (TPSA) is 105 Å². The highest BCUT2D eigenvalue weighted by Gasteiger charge is 1.95. The number of hydrogen-bond acceptors (Lipinski definition) is 8. The summed E-state index contributed by atoms with van der Waals surface area (Å²) in [4.78, 5) is 40.2. The van der Waals surface area contributed by atoms with E-state index in [0.717, 1.165) is 37.9 Å². The lowest BCUT2D eigenvalue weighted by Crippen LogP contribution is -1.96. The van der Waals surface area contributed by atoms with Crippen LogP contribution in [0.15, 0.2) is 51.4 Å². The molecule has 0 saturated heterocycles. The number of esters is 4. The largest absolute Gasteiger partial charge is 0.435 e. The zero-order valence-electron chi connectivity index (χ0n) is 17.2. The van der Waals surface area contributed by atoms with Crippen LogP contribution in [0.4, 0.5) is 0 Å². The molecule has 160 valence electrons. The lowest BCUT2D eigenvalue weighted by atomic mass is 10.3. The lowest BCUT2D eigenvalue weighted by molar-refractivity contribution is -0.138. The Labute approximate surface area is 167 Å². The first-order valence-electron chi connectivity index (χ1n) is 8.33. The Bertz CT molecular complexity index is 437. The van der Waals surface area contributed by atoms with E-state index in [1.54, 1.807) is 0 Å². The molecule has 0 rings (SSSR count). The quantitative estimate of drug-likeness (QED) is 0.337. The zero-order valence-corrected chi connectivity index (χ0v) is 17.2. The average molecular weight is 400 g/mol. The van der Waals surface area contributed by atoms with Crippen LogP contribution in [0.5, 0.6) is 0 Å². The van der Waals surface area contributed by atoms with Crippen molar-refractivity contribution in [2.75, 3.05) is 0 Å². The van der Waals surface area contributed by atoms with Crippen molar-refractivity contribution in [3.63, 3.8) is 0 Å². The fourth-order valence-electron chi connectivity index (χ4n) is 0.947. The predicted molar refractivity (Wildman–Crippen MR) is 106 cm³/mol. The van der Waals surface area contributed by atoms with Gasteiger partial charge in [-0.3, -0.25) is 19.2 Å². The standard InChI is InChI=1S/2C6H10O2.2C4H6O2/c2*1-3-5-6(7)8-4-2;2*1-3-6-4(2)5/h2*4H,2-3,5H2,1H3;2*3H,1H2,2H3. The molecular weight excluding hydrogens is 368 g/mol. The number of ether oxygens (including phenoxy) is 4. The van der Waals surface area contributed by atoms with Crippen LogP contribution in [0.25, 0.3) is 0 Å². The van der Waals surface area contributed by atoms with Crippen LogP contribution in [0, 0.1) is 0 Å². The van der Waals surface area contributed by atoms with Crippen LogP contribution in [0.2, 0.25) is 0 Å². The van der Waals surface area contributed by atoms with Gasteiger partial charge < -0.3 is 18.9 Å². The molecule has 0 fully saturated rings. The summed E-state index contributed by atoms with van der Waals surface area (Å²) in [6.07, 6.45) is 7.11. The molecule has 0 amide bonds. The maximum Gasteiger partial charge on any atom is 0.310 e. The third kappa shape index (κ3) is 49.5. The van der Waals surface area contributed by atoms with Gasteiger partial charge in [0.15, 0.2) is 0 Å². The zero-order chi connectivity index (χ0) is 22.8. The van der Waals surface area contributed by atoms with E-state index in [9.17, 15) is 19.2 Å². The van der Waals surface area contributed by atoms with E-state index < -0.39 is 0 Å². The van der Waals surface area contributed by atoms with Gasteiger partial charge in [-0.25, -0.2) is 0 Å². The molecule has 0 aromatic heterocycles. The average Bonchev–Trinajstić information content (AvgIpc) is 2.57. The Balaban J connectivity index is -0.000000139. The van der Waals surface area contributed by atoms with Gasteiger partial charge in [0, 0.05) is 26.7 Å². The fraction of sp³-hybridized carbons (Fsp3) is 0.400. The summed E-state index contributed by atoms with van der Waals surface area (Å²) >= 11 is 0.